The van der Waals surface area contributed by atoms with Crippen LogP contribution in [0.4, 0.5) is 10.1 Å². The van der Waals surface area contributed by atoms with Gasteiger partial charge >= 0.3 is 0 Å². The Balaban J connectivity index is 1.54. The van der Waals surface area contributed by atoms with Gasteiger partial charge in [-0.3, -0.25) is 14.2 Å². The number of carbonyl (C=O) groups is 1. The van der Waals surface area contributed by atoms with Gasteiger partial charge in [-0.25, -0.2) is 9.37 Å². The van der Waals surface area contributed by atoms with E-state index in [9.17, 15) is 14.0 Å². The third kappa shape index (κ3) is 3.70. The maximum absolute atomic E-state index is 14.0. The molecule has 4 rings (SSSR count). The fourth-order valence-corrected chi connectivity index (χ4v) is 4.82. The van der Waals surface area contributed by atoms with Crippen molar-refractivity contribution in [1.29, 1.82) is 0 Å². The lowest BCUT2D eigenvalue weighted by atomic mass is 10.2. The molecule has 0 radical (unpaired) electrons. The minimum atomic E-state index is -0.256. The van der Waals surface area contributed by atoms with Crippen LogP contribution in [0.3, 0.4) is 0 Å². The van der Waals surface area contributed by atoms with Crippen molar-refractivity contribution in [3.05, 3.63) is 57.2 Å². The molecule has 2 aromatic heterocycles. The van der Waals surface area contributed by atoms with Crippen LogP contribution in [-0.2, 0) is 11.3 Å². The van der Waals surface area contributed by atoms with Crippen molar-refractivity contribution < 1.29 is 13.9 Å². The number of nitrogens with zero attached hydrogens (tertiary/aromatic N) is 4. The third-order valence-corrected chi connectivity index (χ3v) is 6.60. The summed E-state index contributed by atoms with van der Waals surface area (Å²) in [6, 6.07) is 6.67. The zero-order valence-corrected chi connectivity index (χ0v) is 17.7. The highest BCUT2D eigenvalue weighted by Gasteiger charge is 2.27. The Morgan fingerprint density at radius 1 is 1.23 bits per heavy atom. The molecular formula is C21H23FN4O3S. The third-order valence-electron chi connectivity index (χ3n) is 5.41. The second-order valence-corrected chi connectivity index (χ2v) is 8.20. The van der Waals surface area contributed by atoms with Gasteiger partial charge in [-0.2, -0.15) is 0 Å². The number of anilines is 1. The van der Waals surface area contributed by atoms with E-state index in [1.54, 1.807) is 31.1 Å². The van der Waals surface area contributed by atoms with E-state index in [0.29, 0.717) is 65.7 Å². The number of rotatable bonds is 5. The van der Waals surface area contributed by atoms with Gasteiger partial charge in [-0.1, -0.05) is 12.1 Å². The first-order valence-electron chi connectivity index (χ1n) is 9.77. The molecule has 30 heavy (non-hydrogen) atoms. The van der Waals surface area contributed by atoms with Crippen LogP contribution in [0.2, 0.25) is 0 Å². The average Bonchev–Trinajstić information content (AvgIpc) is 3.10. The van der Waals surface area contributed by atoms with E-state index in [0.717, 1.165) is 0 Å². The molecule has 0 saturated carbocycles. The Kier molecular flexibility index (Phi) is 5.83. The minimum Gasteiger partial charge on any atom is -0.383 e. The first-order chi connectivity index (χ1) is 14.5. The molecule has 1 aromatic carbocycles. The summed E-state index contributed by atoms with van der Waals surface area (Å²) in [5, 5.41) is 0.493. The smallest absolute Gasteiger partial charge is 0.264 e. The Bertz CT molecular complexity index is 1130. The van der Waals surface area contributed by atoms with E-state index in [1.165, 1.54) is 28.3 Å². The summed E-state index contributed by atoms with van der Waals surface area (Å²) in [4.78, 5) is 35.2. The van der Waals surface area contributed by atoms with Gasteiger partial charge in [0.05, 0.1) is 35.4 Å². The van der Waals surface area contributed by atoms with Crippen molar-refractivity contribution in [3.8, 4) is 0 Å². The standard InChI is InChI=1S/C21H23FN4O3S/c1-14-17-19(23-13-26(20(17)27)11-12-29-2)30-18(14)21(28)25-9-7-24(8-10-25)16-6-4-3-5-15(16)22/h3-6,13H,7-12H2,1-2H3. The maximum atomic E-state index is 14.0. The van der Waals surface area contributed by atoms with Gasteiger partial charge in [0.15, 0.2) is 0 Å². The molecular weight excluding hydrogens is 407 g/mol. The number of aryl methyl sites for hydroxylation is 1. The molecule has 1 aliphatic heterocycles. The number of hydrogen-bond donors (Lipinski definition) is 0. The number of fused-ring (bicyclic) bond motifs is 1. The molecule has 9 heteroatoms. The van der Waals surface area contributed by atoms with E-state index in [-0.39, 0.29) is 17.3 Å². The summed E-state index contributed by atoms with van der Waals surface area (Å²) in [5.41, 5.74) is 1.07. The number of ether oxygens (including phenoxy) is 1. The summed E-state index contributed by atoms with van der Waals surface area (Å²) < 4.78 is 20.6. The molecule has 158 valence electrons. The van der Waals surface area contributed by atoms with Crippen LogP contribution in [0.5, 0.6) is 0 Å². The quantitative estimate of drug-likeness (QED) is 0.622. The predicted molar refractivity (Wildman–Crippen MR) is 115 cm³/mol. The molecule has 0 bridgehead atoms. The minimum absolute atomic E-state index is 0.105. The fraction of sp³-hybridized carbons (Fsp3) is 0.381. The van der Waals surface area contributed by atoms with Crippen molar-refractivity contribution in [2.24, 2.45) is 0 Å². The van der Waals surface area contributed by atoms with Gasteiger partial charge in [0.1, 0.15) is 10.6 Å². The zero-order chi connectivity index (χ0) is 21.3. The van der Waals surface area contributed by atoms with Crippen LogP contribution < -0.4 is 10.5 Å². The highest BCUT2D eigenvalue weighted by molar-refractivity contribution is 7.20. The Labute approximate surface area is 177 Å². The van der Waals surface area contributed by atoms with E-state index < -0.39 is 0 Å². The van der Waals surface area contributed by atoms with Crippen LogP contribution in [0, 0.1) is 12.7 Å². The van der Waals surface area contributed by atoms with Crippen molar-refractivity contribution in [2.75, 3.05) is 44.8 Å². The van der Waals surface area contributed by atoms with E-state index >= 15 is 0 Å². The predicted octanol–water partition coefficient (Wildman–Crippen LogP) is 2.51. The molecule has 0 N–H and O–H groups in total. The molecule has 1 aliphatic rings. The van der Waals surface area contributed by atoms with Gasteiger partial charge < -0.3 is 14.5 Å². The van der Waals surface area contributed by atoms with Crippen molar-refractivity contribution >= 4 is 33.1 Å². The number of aromatic nitrogens is 2. The largest absolute Gasteiger partial charge is 0.383 e. The van der Waals surface area contributed by atoms with Crippen molar-refractivity contribution in [2.45, 2.75) is 13.5 Å². The summed E-state index contributed by atoms with van der Waals surface area (Å²) in [7, 11) is 1.58. The SMILES string of the molecule is COCCn1cnc2sc(C(=O)N3CCN(c4ccccc4F)CC3)c(C)c2c1=O. The lowest BCUT2D eigenvalue weighted by molar-refractivity contribution is 0.0751. The van der Waals surface area contributed by atoms with Crippen LogP contribution in [0.1, 0.15) is 15.2 Å². The monoisotopic (exact) mass is 430 g/mol. The molecule has 0 unspecified atom stereocenters. The van der Waals surface area contributed by atoms with Gasteiger partial charge in [0, 0.05) is 33.3 Å². The van der Waals surface area contributed by atoms with Crippen molar-refractivity contribution in [3.63, 3.8) is 0 Å². The Morgan fingerprint density at radius 3 is 2.67 bits per heavy atom. The topological polar surface area (TPSA) is 67.7 Å². The van der Waals surface area contributed by atoms with Gasteiger partial charge in [0.2, 0.25) is 0 Å². The number of methoxy groups -OCH3 is 1. The number of para-hydroxylation sites is 1. The number of piperazine rings is 1. The average molecular weight is 431 g/mol. The van der Waals surface area contributed by atoms with Crippen LogP contribution in [-0.4, -0.2) is 60.3 Å². The van der Waals surface area contributed by atoms with Gasteiger partial charge in [-0.15, -0.1) is 11.3 Å². The summed E-state index contributed by atoms with van der Waals surface area (Å²) in [5.74, 6) is -0.361. The highest BCUT2D eigenvalue weighted by atomic mass is 32.1. The molecule has 7 nitrogen and oxygen atoms in total. The van der Waals surface area contributed by atoms with Crippen LogP contribution in [0.25, 0.3) is 10.2 Å². The Hall–Kier alpha value is -2.78. The summed E-state index contributed by atoms with van der Waals surface area (Å²) in [6.45, 7) is 4.71. The summed E-state index contributed by atoms with van der Waals surface area (Å²) >= 11 is 1.25. The molecule has 3 heterocycles. The van der Waals surface area contributed by atoms with Crippen molar-refractivity contribution in [1.82, 2.24) is 14.5 Å². The lowest BCUT2D eigenvalue weighted by Crippen LogP contribution is -2.49. The van der Waals surface area contributed by atoms with Crippen LogP contribution >= 0.6 is 11.3 Å². The molecule has 0 aliphatic carbocycles. The number of thiophene rings is 1. The Morgan fingerprint density at radius 2 is 1.97 bits per heavy atom. The number of carbonyl (C=O) groups excluding carboxylic acids is 1. The molecule has 1 fully saturated rings. The second-order valence-electron chi connectivity index (χ2n) is 7.20. The second kappa shape index (κ2) is 8.53. The maximum Gasteiger partial charge on any atom is 0.264 e. The highest BCUT2D eigenvalue weighted by Crippen LogP contribution is 2.29. The lowest BCUT2D eigenvalue weighted by Gasteiger charge is -2.36. The van der Waals surface area contributed by atoms with Gasteiger partial charge in [0.25, 0.3) is 11.5 Å². The first kappa shape index (κ1) is 20.5. The number of benzene rings is 1. The zero-order valence-electron chi connectivity index (χ0n) is 16.9. The van der Waals surface area contributed by atoms with E-state index in [1.807, 2.05) is 11.0 Å². The number of amides is 1. The summed E-state index contributed by atoms with van der Waals surface area (Å²) in [6.07, 6.45) is 1.50. The molecule has 1 amide bonds. The van der Waals surface area contributed by atoms with E-state index in [2.05, 4.69) is 4.98 Å². The molecule has 1 saturated heterocycles. The van der Waals surface area contributed by atoms with Crippen LogP contribution in [0.15, 0.2) is 35.4 Å². The van der Waals surface area contributed by atoms with Gasteiger partial charge in [-0.05, 0) is 24.6 Å². The number of halogens is 1. The number of hydrogen-bond acceptors (Lipinski definition) is 6. The molecule has 0 atom stereocenters. The molecule has 3 aromatic rings. The fourth-order valence-electron chi connectivity index (χ4n) is 3.71. The molecule has 0 spiro atoms. The first-order valence-corrected chi connectivity index (χ1v) is 10.6. The van der Waals surface area contributed by atoms with E-state index in [4.69, 9.17) is 4.74 Å². The normalized spacial score (nSPS) is 14.5.